The van der Waals surface area contributed by atoms with E-state index in [1.54, 1.807) is 23.1 Å². The summed E-state index contributed by atoms with van der Waals surface area (Å²) in [7, 11) is 3.59. The SMILES string of the molecule is COc1ccc(/C=C/CNc2nc(C)c(-c3ccn(C)n3)s2)cc1. The molecule has 0 amide bonds. The number of benzene rings is 1. The zero-order chi connectivity index (χ0) is 16.9. The monoisotopic (exact) mass is 340 g/mol. The average Bonchev–Trinajstić information content (AvgIpc) is 3.17. The molecule has 24 heavy (non-hydrogen) atoms. The molecular weight excluding hydrogens is 320 g/mol. The highest BCUT2D eigenvalue weighted by Crippen LogP contribution is 2.31. The summed E-state index contributed by atoms with van der Waals surface area (Å²) in [5.41, 5.74) is 3.11. The zero-order valence-electron chi connectivity index (χ0n) is 14.0. The molecule has 0 aliphatic heterocycles. The van der Waals surface area contributed by atoms with Crippen LogP contribution in [0.15, 0.2) is 42.6 Å². The number of rotatable bonds is 6. The van der Waals surface area contributed by atoms with Gasteiger partial charge in [-0.3, -0.25) is 4.68 Å². The first kappa shape index (κ1) is 16.3. The van der Waals surface area contributed by atoms with Crippen molar-refractivity contribution in [3.63, 3.8) is 0 Å². The molecule has 6 heteroatoms. The second kappa shape index (κ2) is 7.31. The van der Waals surface area contributed by atoms with Crippen LogP contribution in [0.5, 0.6) is 5.75 Å². The van der Waals surface area contributed by atoms with E-state index in [-0.39, 0.29) is 0 Å². The quantitative estimate of drug-likeness (QED) is 0.737. The Labute approximate surface area is 145 Å². The van der Waals surface area contributed by atoms with E-state index in [1.807, 2.05) is 50.5 Å². The van der Waals surface area contributed by atoms with Crippen molar-refractivity contribution < 1.29 is 4.74 Å². The summed E-state index contributed by atoms with van der Waals surface area (Å²) in [5.74, 6) is 0.866. The van der Waals surface area contributed by atoms with Gasteiger partial charge in [-0.05, 0) is 30.7 Å². The smallest absolute Gasteiger partial charge is 0.183 e. The molecule has 1 aromatic carbocycles. The van der Waals surface area contributed by atoms with Crippen LogP contribution in [0, 0.1) is 6.92 Å². The molecule has 0 aliphatic rings. The van der Waals surface area contributed by atoms with Gasteiger partial charge in [0.25, 0.3) is 0 Å². The van der Waals surface area contributed by atoms with Gasteiger partial charge in [-0.1, -0.05) is 35.6 Å². The van der Waals surface area contributed by atoms with Gasteiger partial charge in [-0.2, -0.15) is 5.10 Å². The standard InChI is InChI=1S/C18H20N4OS/c1-13-17(16-10-12-22(2)21-16)24-18(20-13)19-11-4-5-14-6-8-15(23-3)9-7-14/h4-10,12H,11H2,1-3H3,(H,19,20)/b5-4+. The highest BCUT2D eigenvalue weighted by atomic mass is 32.1. The van der Waals surface area contributed by atoms with Crippen LogP contribution in [0.2, 0.25) is 0 Å². The largest absolute Gasteiger partial charge is 0.497 e. The number of hydrogen-bond acceptors (Lipinski definition) is 5. The number of aryl methyl sites for hydroxylation is 2. The van der Waals surface area contributed by atoms with Crippen LogP contribution in [0.1, 0.15) is 11.3 Å². The molecular formula is C18H20N4OS. The van der Waals surface area contributed by atoms with E-state index in [0.717, 1.165) is 39.3 Å². The highest BCUT2D eigenvalue weighted by Gasteiger charge is 2.11. The Morgan fingerprint density at radius 2 is 2.04 bits per heavy atom. The molecule has 5 nitrogen and oxygen atoms in total. The molecule has 0 atom stereocenters. The lowest BCUT2D eigenvalue weighted by atomic mass is 10.2. The molecule has 0 fully saturated rings. The molecule has 0 unspecified atom stereocenters. The van der Waals surface area contributed by atoms with Crippen molar-refractivity contribution >= 4 is 22.5 Å². The number of ether oxygens (including phenoxy) is 1. The third-order valence-electron chi connectivity index (χ3n) is 3.54. The summed E-state index contributed by atoms with van der Waals surface area (Å²) in [6.07, 6.45) is 6.10. The van der Waals surface area contributed by atoms with Crippen LogP contribution in [0.3, 0.4) is 0 Å². The van der Waals surface area contributed by atoms with Crippen molar-refractivity contribution in [2.75, 3.05) is 19.0 Å². The van der Waals surface area contributed by atoms with Gasteiger partial charge in [0.2, 0.25) is 0 Å². The van der Waals surface area contributed by atoms with E-state index in [9.17, 15) is 0 Å². The summed E-state index contributed by atoms with van der Waals surface area (Å²) in [4.78, 5) is 5.68. The fraction of sp³-hybridized carbons (Fsp3) is 0.222. The maximum atomic E-state index is 5.15. The van der Waals surface area contributed by atoms with E-state index in [2.05, 4.69) is 27.6 Å². The number of aromatic nitrogens is 3. The van der Waals surface area contributed by atoms with E-state index < -0.39 is 0 Å². The van der Waals surface area contributed by atoms with Crippen LogP contribution in [-0.4, -0.2) is 28.4 Å². The summed E-state index contributed by atoms with van der Waals surface area (Å²) in [5, 5.41) is 8.69. The topological polar surface area (TPSA) is 52.0 Å². The first-order valence-electron chi connectivity index (χ1n) is 7.67. The molecule has 2 aromatic heterocycles. The number of nitrogens with one attached hydrogen (secondary N) is 1. The predicted octanol–water partition coefficient (Wildman–Crippen LogP) is 3.99. The molecule has 124 valence electrons. The molecule has 1 N–H and O–H groups in total. The third-order valence-corrected chi connectivity index (χ3v) is 4.68. The summed E-state index contributed by atoms with van der Waals surface area (Å²) in [6.45, 7) is 2.74. The molecule has 0 aliphatic carbocycles. The number of anilines is 1. The van der Waals surface area contributed by atoms with E-state index in [0.29, 0.717) is 0 Å². The number of thiazole rings is 1. The van der Waals surface area contributed by atoms with Crippen molar-refractivity contribution in [2.45, 2.75) is 6.92 Å². The van der Waals surface area contributed by atoms with Gasteiger partial charge in [0, 0.05) is 19.8 Å². The zero-order valence-corrected chi connectivity index (χ0v) is 14.8. The van der Waals surface area contributed by atoms with Crippen molar-refractivity contribution in [1.82, 2.24) is 14.8 Å². The van der Waals surface area contributed by atoms with E-state index >= 15 is 0 Å². The van der Waals surface area contributed by atoms with Gasteiger partial charge in [0.1, 0.15) is 11.4 Å². The Hall–Kier alpha value is -2.60. The Kier molecular flexibility index (Phi) is 4.96. The lowest BCUT2D eigenvalue weighted by molar-refractivity contribution is 0.415. The average molecular weight is 340 g/mol. The third kappa shape index (κ3) is 3.83. The van der Waals surface area contributed by atoms with Crippen LogP contribution in [-0.2, 0) is 7.05 Å². The fourth-order valence-electron chi connectivity index (χ4n) is 2.30. The molecule has 3 rings (SSSR count). The second-order valence-electron chi connectivity index (χ2n) is 5.36. The minimum Gasteiger partial charge on any atom is -0.497 e. The lowest BCUT2D eigenvalue weighted by Crippen LogP contribution is -1.97. The first-order chi connectivity index (χ1) is 11.7. The minimum absolute atomic E-state index is 0.723. The van der Waals surface area contributed by atoms with Gasteiger partial charge >= 0.3 is 0 Å². The summed E-state index contributed by atoms with van der Waals surface area (Å²) >= 11 is 1.63. The van der Waals surface area contributed by atoms with Gasteiger partial charge in [-0.25, -0.2) is 4.98 Å². The molecule has 0 spiro atoms. The maximum Gasteiger partial charge on any atom is 0.183 e. The molecule has 0 bridgehead atoms. The Bertz CT molecular complexity index is 833. The van der Waals surface area contributed by atoms with Gasteiger partial charge in [0.05, 0.1) is 17.7 Å². The Morgan fingerprint density at radius 3 is 2.71 bits per heavy atom. The highest BCUT2D eigenvalue weighted by molar-refractivity contribution is 7.19. The van der Waals surface area contributed by atoms with E-state index in [4.69, 9.17) is 4.74 Å². The number of hydrogen-bond donors (Lipinski definition) is 1. The van der Waals surface area contributed by atoms with Crippen molar-refractivity contribution in [3.05, 3.63) is 53.9 Å². The molecule has 2 heterocycles. The molecule has 3 aromatic rings. The Balaban J connectivity index is 1.59. The molecule has 0 saturated carbocycles. The minimum atomic E-state index is 0.723. The van der Waals surface area contributed by atoms with Gasteiger partial charge in [-0.15, -0.1) is 0 Å². The first-order valence-corrected chi connectivity index (χ1v) is 8.49. The lowest BCUT2D eigenvalue weighted by Gasteiger charge is -1.99. The molecule has 0 radical (unpaired) electrons. The van der Waals surface area contributed by atoms with Crippen molar-refractivity contribution in [2.24, 2.45) is 7.05 Å². The summed E-state index contributed by atoms with van der Waals surface area (Å²) in [6, 6.07) is 9.98. The predicted molar refractivity (Wildman–Crippen MR) is 99.6 cm³/mol. The normalized spacial score (nSPS) is 11.1. The second-order valence-corrected chi connectivity index (χ2v) is 6.36. The van der Waals surface area contributed by atoms with Crippen LogP contribution in [0.25, 0.3) is 16.6 Å². The van der Waals surface area contributed by atoms with Gasteiger partial charge < -0.3 is 10.1 Å². The number of methoxy groups -OCH3 is 1. The van der Waals surface area contributed by atoms with Crippen molar-refractivity contribution in [1.29, 1.82) is 0 Å². The molecule has 0 saturated heterocycles. The fourth-order valence-corrected chi connectivity index (χ4v) is 3.24. The van der Waals surface area contributed by atoms with Crippen molar-refractivity contribution in [3.8, 4) is 16.3 Å². The van der Waals surface area contributed by atoms with Crippen LogP contribution >= 0.6 is 11.3 Å². The van der Waals surface area contributed by atoms with Gasteiger partial charge in [0.15, 0.2) is 5.13 Å². The number of nitrogens with zero attached hydrogens (tertiary/aromatic N) is 3. The van der Waals surface area contributed by atoms with Crippen LogP contribution < -0.4 is 10.1 Å². The van der Waals surface area contributed by atoms with E-state index in [1.165, 1.54) is 0 Å². The summed E-state index contributed by atoms with van der Waals surface area (Å²) < 4.78 is 6.96. The maximum absolute atomic E-state index is 5.15. The Morgan fingerprint density at radius 1 is 1.25 bits per heavy atom. The van der Waals surface area contributed by atoms with Crippen LogP contribution in [0.4, 0.5) is 5.13 Å².